The van der Waals surface area contributed by atoms with Crippen molar-refractivity contribution in [3.63, 3.8) is 0 Å². The minimum absolute atomic E-state index is 0.429. The van der Waals surface area contributed by atoms with Gasteiger partial charge in [0, 0.05) is 50.8 Å². The van der Waals surface area contributed by atoms with E-state index in [0.717, 1.165) is 58.3 Å². The molecular weight excluding hydrogens is 376 g/mol. The summed E-state index contributed by atoms with van der Waals surface area (Å²) in [7, 11) is 0. The Labute approximate surface area is 179 Å². The van der Waals surface area contributed by atoms with E-state index >= 15 is 0 Å². The summed E-state index contributed by atoms with van der Waals surface area (Å²) in [6, 6.07) is 9.24. The van der Waals surface area contributed by atoms with Gasteiger partial charge in [-0.2, -0.15) is 0 Å². The van der Waals surface area contributed by atoms with Crippen LogP contribution in [0.5, 0.6) is 0 Å². The first-order valence-corrected chi connectivity index (χ1v) is 11.2. The molecule has 2 saturated heterocycles. The molecule has 0 saturated carbocycles. The SMILES string of the molecule is CCNC(=NCc1ccc(N2CCOCC2)cc1)N1CCC(C)C(n2ccnc2)C1. The summed E-state index contributed by atoms with van der Waals surface area (Å²) in [5, 5.41) is 3.50. The van der Waals surface area contributed by atoms with E-state index in [1.54, 1.807) is 0 Å². The normalized spacial score (nSPS) is 22.9. The van der Waals surface area contributed by atoms with Crippen molar-refractivity contribution in [3.8, 4) is 0 Å². The molecule has 1 aromatic carbocycles. The molecule has 2 aliphatic heterocycles. The van der Waals surface area contributed by atoms with Gasteiger partial charge in [0.2, 0.25) is 0 Å². The molecule has 3 heterocycles. The van der Waals surface area contributed by atoms with E-state index in [0.29, 0.717) is 18.5 Å². The highest BCUT2D eigenvalue weighted by Gasteiger charge is 2.28. The summed E-state index contributed by atoms with van der Waals surface area (Å²) >= 11 is 0. The van der Waals surface area contributed by atoms with Crippen LogP contribution in [0.2, 0.25) is 0 Å². The number of likely N-dealkylation sites (tertiary alicyclic amines) is 1. The fraction of sp³-hybridized carbons (Fsp3) is 0.565. The molecule has 0 radical (unpaired) electrons. The highest BCUT2D eigenvalue weighted by molar-refractivity contribution is 5.80. The first-order chi connectivity index (χ1) is 14.7. The van der Waals surface area contributed by atoms with Crippen LogP contribution < -0.4 is 10.2 Å². The highest BCUT2D eigenvalue weighted by Crippen LogP contribution is 2.27. The Morgan fingerprint density at radius 2 is 2.00 bits per heavy atom. The number of aliphatic imine (C=N–C) groups is 1. The van der Waals surface area contributed by atoms with Gasteiger partial charge in [0.25, 0.3) is 0 Å². The average Bonchev–Trinajstić information content (AvgIpc) is 3.33. The summed E-state index contributed by atoms with van der Waals surface area (Å²) in [6.45, 7) is 11.6. The topological polar surface area (TPSA) is 57.9 Å². The monoisotopic (exact) mass is 410 g/mol. The Hall–Kier alpha value is -2.54. The summed E-state index contributed by atoms with van der Waals surface area (Å²) in [6.07, 6.45) is 7.03. The number of imidazole rings is 1. The van der Waals surface area contributed by atoms with Gasteiger partial charge in [0.1, 0.15) is 0 Å². The van der Waals surface area contributed by atoms with Crippen LogP contribution in [0.4, 0.5) is 5.69 Å². The summed E-state index contributed by atoms with van der Waals surface area (Å²) in [4.78, 5) is 14.0. The molecule has 30 heavy (non-hydrogen) atoms. The van der Waals surface area contributed by atoms with E-state index in [-0.39, 0.29) is 0 Å². The van der Waals surface area contributed by atoms with Crippen LogP contribution in [0.3, 0.4) is 0 Å². The Morgan fingerprint density at radius 1 is 1.20 bits per heavy atom. The minimum Gasteiger partial charge on any atom is -0.378 e. The Morgan fingerprint density at radius 3 is 2.70 bits per heavy atom. The van der Waals surface area contributed by atoms with Crippen molar-refractivity contribution >= 4 is 11.6 Å². The van der Waals surface area contributed by atoms with Crippen molar-refractivity contribution in [2.75, 3.05) is 50.8 Å². The second-order valence-corrected chi connectivity index (χ2v) is 8.23. The number of aromatic nitrogens is 2. The standard InChI is InChI=1S/C23H34N6O/c1-3-25-23(28-10-8-19(2)22(17-28)29-11-9-24-18-29)26-16-20-4-6-21(7-5-20)27-12-14-30-15-13-27/h4-7,9,11,18-19,22H,3,8,10,12-17H2,1-2H3,(H,25,26). The number of nitrogens with zero attached hydrogens (tertiary/aromatic N) is 5. The maximum atomic E-state index is 5.45. The third-order valence-electron chi connectivity index (χ3n) is 6.18. The van der Waals surface area contributed by atoms with Crippen LogP contribution in [0.25, 0.3) is 0 Å². The fourth-order valence-corrected chi connectivity index (χ4v) is 4.32. The number of nitrogens with one attached hydrogen (secondary N) is 1. The van der Waals surface area contributed by atoms with Crippen molar-refractivity contribution in [1.29, 1.82) is 0 Å². The molecular formula is C23H34N6O. The Bertz CT molecular complexity index is 798. The van der Waals surface area contributed by atoms with Gasteiger partial charge >= 0.3 is 0 Å². The van der Waals surface area contributed by atoms with Gasteiger partial charge in [0.05, 0.1) is 32.1 Å². The number of ether oxygens (including phenoxy) is 1. The Balaban J connectivity index is 1.42. The summed E-state index contributed by atoms with van der Waals surface area (Å²) < 4.78 is 7.69. The number of hydrogen-bond acceptors (Lipinski definition) is 4. The van der Waals surface area contributed by atoms with Crippen LogP contribution in [-0.2, 0) is 11.3 Å². The lowest BCUT2D eigenvalue weighted by Crippen LogP contribution is -2.49. The molecule has 2 atom stereocenters. The molecule has 4 rings (SSSR count). The molecule has 2 aliphatic rings. The van der Waals surface area contributed by atoms with E-state index in [1.807, 2.05) is 12.5 Å². The van der Waals surface area contributed by atoms with Crippen molar-refractivity contribution in [3.05, 3.63) is 48.5 Å². The second kappa shape index (κ2) is 9.98. The number of anilines is 1. The maximum absolute atomic E-state index is 5.45. The highest BCUT2D eigenvalue weighted by atomic mass is 16.5. The molecule has 7 heteroatoms. The first kappa shape index (κ1) is 20.7. The zero-order chi connectivity index (χ0) is 20.8. The molecule has 0 spiro atoms. The largest absolute Gasteiger partial charge is 0.378 e. The number of morpholine rings is 1. The molecule has 2 unspecified atom stereocenters. The van der Waals surface area contributed by atoms with Crippen LogP contribution in [0.1, 0.15) is 31.9 Å². The lowest BCUT2D eigenvalue weighted by atomic mass is 9.93. The Kier molecular flexibility index (Phi) is 6.89. The number of hydrogen-bond donors (Lipinski definition) is 1. The van der Waals surface area contributed by atoms with E-state index in [1.165, 1.54) is 11.3 Å². The van der Waals surface area contributed by atoms with Crippen molar-refractivity contribution in [2.45, 2.75) is 32.9 Å². The molecule has 2 aromatic rings. The van der Waals surface area contributed by atoms with Gasteiger partial charge in [-0.15, -0.1) is 0 Å². The van der Waals surface area contributed by atoms with E-state index in [4.69, 9.17) is 9.73 Å². The summed E-state index contributed by atoms with van der Waals surface area (Å²) in [5.74, 6) is 1.64. The predicted octanol–water partition coefficient (Wildman–Crippen LogP) is 2.77. The number of benzene rings is 1. The quantitative estimate of drug-likeness (QED) is 0.607. The molecule has 1 aromatic heterocycles. The van der Waals surface area contributed by atoms with E-state index in [2.05, 4.69) is 69.0 Å². The number of guanidine groups is 1. The second-order valence-electron chi connectivity index (χ2n) is 8.23. The first-order valence-electron chi connectivity index (χ1n) is 11.2. The van der Waals surface area contributed by atoms with Crippen LogP contribution >= 0.6 is 0 Å². The summed E-state index contributed by atoms with van der Waals surface area (Å²) in [5.41, 5.74) is 2.50. The molecule has 2 fully saturated rings. The van der Waals surface area contributed by atoms with Gasteiger partial charge in [-0.25, -0.2) is 9.98 Å². The number of rotatable bonds is 5. The maximum Gasteiger partial charge on any atom is 0.194 e. The van der Waals surface area contributed by atoms with Gasteiger partial charge in [-0.3, -0.25) is 0 Å². The van der Waals surface area contributed by atoms with Gasteiger partial charge in [-0.1, -0.05) is 19.1 Å². The van der Waals surface area contributed by atoms with E-state index in [9.17, 15) is 0 Å². The molecule has 0 aliphatic carbocycles. The van der Waals surface area contributed by atoms with Crippen LogP contribution in [-0.4, -0.2) is 66.3 Å². The number of piperidine rings is 1. The van der Waals surface area contributed by atoms with Crippen molar-refractivity contribution in [1.82, 2.24) is 19.8 Å². The average molecular weight is 411 g/mol. The fourth-order valence-electron chi connectivity index (χ4n) is 4.32. The van der Waals surface area contributed by atoms with Gasteiger partial charge in [-0.05, 0) is 37.0 Å². The molecule has 1 N–H and O–H groups in total. The van der Waals surface area contributed by atoms with Crippen LogP contribution in [0, 0.1) is 5.92 Å². The third-order valence-corrected chi connectivity index (χ3v) is 6.18. The lowest BCUT2D eigenvalue weighted by Gasteiger charge is -2.39. The van der Waals surface area contributed by atoms with Gasteiger partial charge in [0.15, 0.2) is 5.96 Å². The van der Waals surface area contributed by atoms with Gasteiger partial charge < -0.3 is 24.4 Å². The zero-order valence-corrected chi connectivity index (χ0v) is 18.2. The van der Waals surface area contributed by atoms with Crippen molar-refractivity contribution in [2.24, 2.45) is 10.9 Å². The molecule has 0 amide bonds. The zero-order valence-electron chi connectivity index (χ0n) is 18.2. The third kappa shape index (κ3) is 4.95. The smallest absolute Gasteiger partial charge is 0.194 e. The predicted molar refractivity (Wildman–Crippen MR) is 121 cm³/mol. The minimum atomic E-state index is 0.429. The molecule has 7 nitrogen and oxygen atoms in total. The molecule has 0 bridgehead atoms. The molecule has 162 valence electrons. The van der Waals surface area contributed by atoms with Crippen molar-refractivity contribution < 1.29 is 4.74 Å². The van der Waals surface area contributed by atoms with E-state index < -0.39 is 0 Å². The lowest BCUT2D eigenvalue weighted by molar-refractivity contribution is 0.122. The van der Waals surface area contributed by atoms with Crippen LogP contribution in [0.15, 0.2) is 48.0 Å².